The van der Waals surface area contributed by atoms with Gasteiger partial charge in [-0.05, 0) is 31.5 Å². The minimum absolute atomic E-state index is 0. The lowest BCUT2D eigenvalue weighted by Crippen LogP contribution is -2.48. The molecule has 1 atom stereocenters. The number of rotatable bonds is 4. The molecule has 0 fully saturated rings. The van der Waals surface area contributed by atoms with Crippen LogP contribution in [-0.4, -0.2) is 16.4 Å². The van der Waals surface area contributed by atoms with E-state index in [9.17, 15) is 4.79 Å². The number of carbonyl (C=O) groups excluding carboxylic acids is 1. The SMILES string of the molecule is CCCC(C)(N)C(=O)Nc1cccc2[nH]ccc12.Cl. The molecule has 1 heterocycles. The first-order chi connectivity index (χ1) is 8.54. The van der Waals surface area contributed by atoms with Crippen LogP contribution in [0.5, 0.6) is 0 Å². The Bertz CT molecular complexity index is 563. The Balaban J connectivity index is 0.00000180. The van der Waals surface area contributed by atoms with Crippen molar-refractivity contribution in [3.05, 3.63) is 30.5 Å². The highest BCUT2D eigenvalue weighted by Crippen LogP contribution is 2.23. The van der Waals surface area contributed by atoms with Crippen molar-refractivity contribution in [2.75, 3.05) is 5.32 Å². The molecule has 4 nitrogen and oxygen atoms in total. The van der Waals surface area contributed by atoms with Gasteiger partial charge in [-0.2, -0.15) is 0 Å². The van der Waals surface area contributed by atoms with E-state index in [1.165, 1.54) is 0 Å². The first kappa shape index (κ1) is 15.5. The maximum absolute atomic E-state index is 12.1. The van der Waals surface area contributed by atoms with Gasteiger partial charge in [-0.3, -0.25) is 4.79 Å². The van der Waals surface area contributed by atoms with Gasteiger partial charge < -0.3 is 16.0 Å². The van der Waals surface area contributed by atoms with Gasteiger partial charge in [-0.1, -0.05) is 19.4 Å². The Hall–Kier alpha value is -1.52. The van der Waals surface area contributed by atoms with E-state index < -0.39 is 5.54 Å². The first-order valence-corrected chi connectivity index (χ1v) is 6.21. The number of anilines is 1. The zero-order valence-electron chi connectivity index (χ0n) is 11.2. The van der Waals surface area contributed by atoms with Crippen molar-refractivity contribution >= 4 is 34.9 Å². The average molecular weight is 282 g/mol. The predicted molar refractivity (Wildman–Crippen MR) is 81.7 cm³/mol. The summed E-state index contributed by atoms with van der Waals surface area (Å²) in [5, 5.41) is 3.91. The summed E-state index contributed by atoms with van der Waals surface area (Å²) in [5.41, 5.74) is 6.99. The molecule has 0 aliphatic carbocycles. The van der Waals surface area contributed by atoms with Crippen molar-refractivity contribution in [3.63, 3.8) is 0 Å². The van der Waals surface area contributed by atoms with E-state index in [0.717, 1.165) is 23.0 Å². The fourth-order valence-corrected chi connectivity index (χ4v) is 2.09. The molecule has 1 amide bonds. The maximum atomic E-state index is 12.1. The Labute approximate surface area is 119 Å². The molecule has 0 saturated carbocycles. The third kappa shape index (κ3) is 3.28. The van der Waals surface area contributed by atoms with Crippen LogP contribution >= 0.6 is 12.4 Å². The normalized spacial score (nSPS) is 13.6. The lowest BCUT2D eigenvalue weighted by Gasteiger charge is -2.23. The molecule has 19 heavy (non-hydrogen) atoms. The molecule has 0 bridgehead atoms. The summed E-state index contributed by atoms with van der Waals surface area (Å²) in [5.74, 6) is -0.141. The Morgan fingerprint density at radius 3 is 2.84 bits per heavy atom. The van der Waals surface area contributed by atoms with Gasteiger partial charge >= 0.3 is 0 Å². The standard InChI is InChI=1S/C14H19N3O.ClH/c1-3-8-14(2,15)13(18)17-12-6-4-5-11-10(12)7-9-16-11;/h4-7,9,16H,3,8,15H2,1-2H3,(H,17,18);1H. The van der Waals surface area contributed by atoms with Crippen LogP contribution in [0, 0.1) is 0 Å². The van der Waals surface area contributed by atoms with Crippen molar-refractivity contribution in [2.45, 2.75) is 32.2 Å². The molecule has 1 unspecified atom stereocenters. The molecule has 0 radical (unpaired) electrons. The molecule has 0 aliphatic rings. The molecule has 5 heteroatoms. The zero-order chi connectivity index (χ0) is 13.2. The molecule has 104 valence electrons. The molecule has 0 saturated heterocycles. The topological polar surface area (TPSA) is 70.9 Å². The second-order valence-corrected chi connectivity index (χ2v) is 4.87. The summed E-state index contributed by atoms with van der Waals surface area (Å²) in [6.45, 7) is 3.79. The van der Waals surface area contributed by atoms with E-state index in [1.54, 1.807) is 6.92 Å². The van der Waals surface area contributed by atoms with Crippen LogP contribution in [0.2, 0.25) is 0 Å². The summed E-state index contributed by atoms with van der Waals surface area (Å²) in [4.78, 5) is 15.3. The monoisotopic (exact) mass is 281 g/mol. The summed E-state index contributed by atoms with van der Waals surface area (Å²) in [6.07, 6.45) is 3.41. The number of aromatic amines is 1. The largest absolute Gasteiger partial charge is 0.361 e. The molecule has 0 spiro atoms. The van der Waals surface area contributed by atoms with Crippen molar-refractivity contribution < 1.29 is 4.79 Å². The van der Waals surface area contributed by atoms with Gasteiger partial charge in [0.15, 0.2) is 0 Å². The number of nitrogens with one attached hydrogen (secondary N) is 2. The fraction of sp³-hybridized carbons (Fsp3) is 0.357. The smallest absolute Gasteiger partial charge is 0.244 e. The minimum Gasteiger partial charge on any atom is -0.361 e. The van der Waals surface area contributed by atoms with Gasteiger partial charge in [-0.25, -0.2) is 0 Å². The molecule has 4 N–H and O–H groups in total. The van der Waals surface area contributed by atoms with Gasteiger partial charge in [0.2, 0.25) is 5.91 Å². The lowest BCUT2D eigenvalue weighted by molar-refractivity contribution is -0.120. The van der Waals surface area contributed by atoms with Crippen molar-refractivity contribution in [3.8, 4) is 0 Å². The highest BCUT2D eigenvalue weighted by Gasteiger charge is 2.27. The second-order valence-electron chi connectivity index (χ2n) is 4.87. The van der Waals surface area contributed by atoms with Crippen LogP contribution in [-0.2, 0) is 4.79 Å². The fourth-order valence-electron chi connectivity index (χ4n) is 2.09. The van der Waals surface area contributed by atoms with Crippen LogP contribution in [0.3, 0.4) is 0 Å². The summed E-state index contributed by atoms with van der Waals surface area (Å²) in [6, 6.07) is 7.70. The average Bonchev–Trinajstić information content (AvgIpc) is 2.78. The van der Waals surface area contributed by atoms with Gasteiger partial charge in [0, 0.05) is 17.1 Å². The second kappa shape index (κ2) is 6.08. The third-order valence-corrected chi connectivity index (χ3v) is 3.13. The van der Waals surface area contributed by atoms with E-state index in [4.69, 9.17) is 5.73 Å². The van der Waals surface area contributed by atoms with Crippen molar-refractivity contribution in [1.29, 1.82) is 0 Å². The third-order valence-electron chi connectivity index (χ3n) is 3.13. The van der Waals surface area contributed by atoms with E-state index in [-0.39, 0.29) is 18.3 Å². The molecule has 1 aromatic heterocycles. The Morgan fingerprint density at radius 2 is 2.16 bits per heavy atom. The number of nitrogens with two attached hydrogens (primary N) is 1. The molecule has 2 rings (SSSR count). The number of carbonyl (C=O) groups is 1. The molecular weight excluding hydrogens is 262 g/mol. The van der Waals surface area contributed by atoms with Gasteiger partial charge in [0.25, 0.3) is 0 Å². The lowest BCUT2D eigenvalue weighted by atomic mass is 9.96. The summed E-state index contributed by atoms with van der Waals surface area (Å²) in [7, 11) is 0. The van der Waals surface area contributed by atoms with Gasteiger partial charge in [0.1, 0.15) is 0 Å². The molecular formula is C14H20ClN3O. The van der Waals surface area contributed by atoms with Crippen molar-refractivity contribution in [2.24, 2.45) is 5.73 Å². The minimum atomic E-state index is -0.826. The van der Waals surface area contributed by atoms with Crippen LogP contribution in [0.25, 0.3) is 10.9 Å². The number of amides is 1. The highest BCUT2D eigenvalue weighted by atomic mass is 35.5. The van der Waals surface area contributed by atoms with Crippen LogP contribution in [0.1, 0.15) is 26.7 Å². The van der Waals surface area contributed by atoms with Crippen molar-refractivity contribution in [1.82, 2.24) is 4.98 Å². The number of hydrogen-bond acceptors (Lipinski definition) is 2. The summed E-state index contributed by atoms with van der Waals surface area (Å²) >= 11 is 0. The number of fused-ring (bicyclic) bond motifs is 1. The molecule has 1 aromatic carbocycles. The molecule has 2 aromatic rings. The Morgan fingerprint density at radius 1 is 1.42 bits per heavy atom. The van der Waals surface area contributed by atoms with E-state index in [2.05, 4.69) is 10.3 Å². The summed E-state index contributed by atoms with van der Waals surface area (Å²) < 4.78 is 0. The van der Waals surface area contributed by atoms with E-state index >= 15 is 0 Å². The quantitative estimate of drug-likeness (QED) is 0.806. The zero-order valence-corrected chi connectivity index (χ0v) is 12.0. The number of aromatic nitrogens is 1. The van der Waals surface area contributed by atoms with Crippen LogP contribution < -0.4 is 11.1 Å². The van der Waals surface area contributed by atoms with Crippen LogP contribution in [0.4, 0.5) is 5.69 Å². The Kier molecular flexibility index (Phi) is 4.97. The molecule has 0 aliphatic heterocycles. The number of H-pyrrole nitrogens is 1. The number of hydrogen-bond donors (Lipinski definition) is 3. The number of halogens is 1. The predicted octanol–water partition coefficient (Wildman–Crippen LogP) is 3.05. The van der Waals surface area contributed by atoms with Gasteiger partial charge in [0.05, 0.1) is 11.2 Å². The highest BCUT2D eigenvalue weighted by molar-refractivity contribution is 6.04. The number of benzene rings is 1. The van der Waals surface area contributed by atoms with Crippen LogP contribution in [0.15, 0.2) is 30.5 Å². The van der Waals surface area contributed by atoms with Gasteiger partial charge in [-0.15, -0.1) is 12.4 Å². The first-order valence-electron chi connectivity index (χ1n) is 6.21. The maximum Gasteiger partial charge on any atom is 0.244 e. The van der Waals surface area contributed by atoms with E-state index in [0.29, 0.717) is 6.42 Å². The van der Waals surface area contributed by atoms with E-state index in [1.807, 2.05) is 37.4 Å².